The minimum absolute atomic E-state index is 0.159. The van der Waals surface area contributed by atoms with Crippen LogP contribution in [-0.2, 0) is 6.54 Å². The molecule has 0 aliphatic carbocycles. The highest BCUT2D eigenvalue weighted by molar-refractivity contribution is 5.45. The summed E-state index contributed by atoms with van der Waals surface area (Å²) in [5.41, 5.74) is 3.09. The molecule has 130 valence electrons. The summed E-state index contributed by atoms with van der Waals surface area (Å²) < 4.78 is 7.40. The third kappa shape index (κ3) is 4.00. The first kappa shape index (κ1) is 17.0. The molecule has 0 amide bonds. The van der Waals surface area contributed by atoms with Crippen LogP contribution in [0.2, 0.25) is 0 Å². The maximum atomic E-state index is 10.3. The Bertz CT molecular complexity index is 798. The van der Waals surface area contributed by atoms with Gasteiger partial charge in [0.1, 0.15) is 0 Å². The molecular formula is C20H23N3O2. The SMILES string of the molecule is CCOc1cccc(CN[C@@H](C)c2ccc(-n3ccnc3)cc2)c1O. The summed E-state index contributed by atoms with van der Waals surface area (Å²) in [6.07, 6.45) is 5.47. The number of hydrogen-bond acceptors (Lipinski definition) is 4. The van der Waals surface area contributed by atoms with Crippen molar-refractivity contribution in [2.24, 2.45) is 0 Å². The Morgan fingerprint density at radius 3 is 2.68 bits per heavy atom. The summed E-state index contributed by atoms with van der Waals surface area (Å²) in [6.45, 7) is 5.11. The molecular weight excluding hydrogens is 314 g/mol. The van der Waals surface area contributed by atoms with E-state index in [9.17, 15) is 5.11 Å². The molecule has 0 unspecified atom stereocenters. The predicted octanol–water partition coefficient (Wildman–Crippen LogP) is 3.83. The highest BCUT2D eigenvalue weighted by atomic mass is 16.5. The predicted molar refractivity (Wildman–Crippen MR) is 98.1 cm³/mol. The third-order valence-electron chi connectivity index (χ3n) is 4.18. The second-order valence-corrected chi connectivity index (χ2v) is 5.86. The molecule has 0 bridgehead atoms. The van der Waals surface area contributed by atoms with Crippen molar-refractivity contribution < 1.29 is 9.84 Å². The van der Waals surface area contributed by atoms with Crippen molar-refractivity contribution >= 4 is 0 Å². The first-order chi connectivity index (χ1) is 12.2. The molecule has 5 heteroatoms. The summed E-state index contributed by atoms with van der Waals surface area (Å²) in [6, 6.07) is 14.1. The van der Waals surface area contributed by atoms with Crippen LogP contribution in [0.4, 0.5) is 0 Å². The fourth-order valence-corrected chi connectivity index (χ4v) is 2.71. The number of hydrogen-bond donors (Lipinski definition) is 2. The van der Waals surface area contributed by atoms with Crippen LogP contribution in [0.5, 0.6) is 11.5 Å². The number of aromatic nitrogens is 2. The second kappa shape index (κ2) is 7.85. The van der Waals surface area contributed by atoms with Gasteiger partial charge in [0.25, 0.3) is 0 Å². The van der Waals surface area contributed by atoms with Gasteiger partial charge in [-0.15, -0.1) is 0 Å². The first-order valence-electron chi connectivity index (χ1n) is 8.44. The Kier molecular flexibility index (Phi) is 5.36. The summed E-state index contributed by atoms with van der Waals surface area (Å²) in [5.74, 6) is 0.735. The van der Waals surface area contributed by atoms with Crippen LogP contribution in [-0.4, -0.2) is 21.3 Å². The summed E-state index contributed by atoms with van der Waals surface area (Å²) >= 11 is 0. The van der Waals surface area contributed by atoms with E-state index in [0.717, 1.165) is 11.3 Å². The zero-order valence-electron chi connectivity index (χ0n) is 14.5. The van der Waals surface area contributed by atoms with E-state index in [2.05, 4.69) is 41.5 Å². The van der Waals surface area contributed by atoms with E-state index >= 15 is 0 Å². The molecule has 1 aromatic heterocycles. The summed E-state index contributed by atoms with van der Waals surface area (Å²) in [7, 11) is 0. The summed E-state index contributed by atoms with van der Waals surface area (Å²) in [4.78, 5) is 4.06. The number of para-hydroxylation sites is 1. The highest BCUT2D eigenvalue weighted by Gasteiger charge is 2.10. The largest absolute Gasteiger partial charge is 0.504 e. The smallest absolute Gasteiger partial charge is 0.162 e. The average molecular weight is 337 g/mol. The normalized spacial score (nSPS) is 12.1. The van der Waals surface area contributed by atoms with E-state index < -0.39 is 0 Å². The van der Waals surface area contributed by atoms with E-state index in [0.29, 0.717) is 18.9 Å². The number of benzene rings is 2. The molecule has 25 heavy (non-hydrogen) atoms. The Hall–Kier alpha value is -2.79. The molecule has 0 aliphatic rings. The van der Waals surface area contributed by atoms with Crippen molar-refractivity contribution in [1.82, 2.24) is 14.9 Å². The van der Waals surface area contributed by atoms with Gasteiger partial charge in [0.05, 0.1) is 12.9 Å². The number of ether oxygens (including phenoxy) is 1. The first-order valence-corrected chi connectivity index (χ1v) is 8.44. The molecule has 0 fully saturated rings. The zero-order chi connectivity index (χ0) is 17.6. The lowest BCUT2D eigenvalue weighted by atomic mass is 10.1. The average Bonchev–Trinajstić information content (AvgIpc) is 3.17. The van der Waals surface area contributed by atoms with Crippen LogP contribution in [0.25, 0.3) is 5.69 Å². The number of nitrogens with one attached hydrogen (secondary N) is 1. The van der Waals surface area contributed by atoms with Crippen LogP contribution < -0.4 is 10.1 Å². The van der Waals surface area contributed by atoms with Gasteiger partial charge in [-0.05, 0) is 37.6 Å². The molecule has 1 atom stereocenters. The van der Waals surface area contributed by atoms with Gasteiger partial charge >= 0.3 is 0 Å². The van der Waals surface area contributed by atoms with Gasteiger partial charge in [0.2, 0.25) is 0 Å². The topological polar surface area (TPSA) is 59.3 Å². The number of rotatable bonds is 7. The lowest BCUT2D eigenvalue weighted by Crippen LogP contribution is -2.18. The van der Waals surface area contributed by atoms with Gasteiger partial charge < -0.3 is 19.7 Å². The Morgan fingerprint density at radius 1 is 1.20 bits per heavy atom. The minimum Gasteiger partial charge on any atom is -0.504 e. The van der Waals surface area contributed by atoms with Gasteiger partial charge in [0, 0.05) is 36.2 Å². The van der Waals surface area contributed by atoms with Crippen LogP contribution in [0.15, 0.2) is 61.2 Å². The molecule has 0 saturated carbocycles. The standard InChI is InChI=1S/C20H23N3O2/c1-3-25-19-6-4-5-17(20(19)24)13-22-15(2)16-7-9-18(10-8-16)23-12-11-21-14-23/h4-12,14-15,22,24H,3,13H2,1-2H3/t15-/m0/s1. The fraction of sp³-hybridized carbons (Fsp3) is 0.250. The maximum absolute atomic E-state index is 10.3. The maximum Gasteiger partial charge on any atom is 0.162 e. The summed E-state index contributed by atoms with van der Waals surface area (Å²) in [5, 5.41) is 13.7. The van der Waals surface area contributed by atoms with Gasteiger partial charge in [-0.25, -0.2) is 4.98 Å². The Labute approximate surface area is 147 Å². The van der Waals surface area contributed by atoms with Gasteiger partial charge in [-0.1, -0.05) is 24.3 Å². The van der Waals surface area contributed by atoms with Crippen molar-refractivity contribution in [1.29, 1.82) is 0 Å². The van der Waals surface area contributed by atoms with E-state index in [1.807, 2.05) is 29.8 Å². The molecule has 2 N–H and O–H groups in total. The van der Waals surface area contributed by atoms with E-state index in [4.69, 9.17) is 4.74 Å². The number of aromatic hydroxyl groups is 1. The minimum atomic E-state index is 0.159. The van der Waals surface area contributed by atoms with Crippen LogP contribution in [0.3, 0.4) is 0 Å². The van der Waals surface area contributed by atoms with E-state index in [1.54, 1.807) is 18.6 Å². The van der Waals surface area contributed by atoms with Crippen molar-refractivity contribution in [3.05, 3.63) is 72.3 Å². The van der Waals surface area contributed by atoms with Crippen LogP contribution >= 0.6 is 0 Å². The fourth-order valence-electron chi connectivity index (χ4n) is 2.71. The lowest BCUT2D eigenvalue weighted by molar-refractivity contribution is 0.316. The Balaban J connectivity index is 1.65. The quantitative estimate of drug-likeness (QED) is 0.688. The van der Waals surface area contributed by atoms with E-state index in [-0.39, 0.29) is 11.8 Å². The number of phenolic OH excluding ortho intramolecular Hbond substituents is 1. The van der Waals surface area contributed by atoms with Gasteiger partial charge in [0.15, 0.2) is 11.5 Å². The van der Waals surface area contributed by atoms with Crippen LogP contribution in [0.1, 0.15) is 31.0 Å². The molecule has 1 heterocycles. The van der Waals surface area contributed by atoms with Crippen molar-refractivity contribution in [3.8, 4) is 17.2 Å². The monoisotopic (exact) mass is 337 g/mol. The molecule has 0 saturated heterocycles. The molecule has 3 rings (SSSR count). The molecule has 0 radical (unpaired) electrons. The van der Waals surface area contributed by atoms with Gasteiger partial charge in [-0.3, -0.25) is 0 Å². The molecule has 3 aromatic rings. The van der Waals surface area contributed by atoms with E-state index in [1.165, 1.54) is 5.56 Å². The molecule has 2 aromatic carbocycles. The molecule has 0 spiro atoms. The number of imidazole rings is 1. The van der Waals surface area contributed by atoms with Crippen molar-refractivity contribution in [3.63, 3.8) is 0 Å². The third-order valence-corrected chi connectivity index (χ3v) is 4.18. The van der Waals surface area contributed by atoms with Crippen molar-refractivity contribution in [2.75, 3.05) is 6.61 Å². The lowest BCUT2D eigenvalue weighted by Gasteiger charge is -2.16. The van der Waals surface area contributed by atoms with Gasteiger partial charge in [-0.2, -0.15) is 0 Å². The molecule has 0 aliphatic heterocycles. The highest BCUT2D eigenvalue weighted by Crippen LogP contribution is 2.30. The molecule has 5 nitrogen and oxygen atoms in total. The second-order valence-electron chi connectivity index (χ2n) is 5.86. The number of nitrogens with zero attached hydrogens (tertiary/aromatic N) is 2. The zero-order valence-corrected chi connectivity index (χ0v) is 14.5. The number of phenols is 1. The van der Waals surface area contributed by atoms with Crippen LogP contribution in [0, 0.1) is 0 Å². The Morgan fingerprint density at radius 2 is 2.00 bits per heavy atom. The van der Waals surface area contributed by atoms with Crippen molar-refractivity contribution in [2.45, 2.75) is 26.4 Å².